The Morgan fingerprint density at radius 2 is 0.753 bits per heavy atom. The third kappa shape index (κ3) is 31.7. The van der Waals surface area contributed by atoms with Crippen LogP contribution in [0.15, 0.2) is 24.3 Å². The standard InChI is InChI=1S/C66H123NO18/c1-3-5-7-9-11-13-15-16-17-18-19-20-21-22-23-24-25-26-27-28-29-30-31-32-34-35-37-39-41-43-50(71)49(67-54(72)44-42-40-38-36-33-14-12-10-8-6-4-2)48-80-64-60(78)57(75)62(52(46-69)82-64)85-66-61(79)58(76)63(53(47-70)83-66)84-65-59(77)56(74)55(73)51(45-68)81-65/h10,12,41,43,49-53,55-66,68-71,73-79H,3-9,11,13-40,42,44-48H2,1-2H3,(H,67,72)/b12-10-,43-41+. The maximum atomic E-state index is 13.3. The van der Waals surface area contributed by atoms with Crippen molar-refractivity contribution in [1.29, 1.82) is 0 Å². The second-order valence-electron chi connectivity index (χ2n) is 24.6. The lowest BCUT2D eigenvalue weighted by atomic mass is 9.96. The number of carbonyl (C=O) groups is 1. The maximum absolute atomic E-state index is 13.3. The highest BCUT2D eigenvalue weighted by Gasteiger charge is 2.53. The van der Waals surface area contributed by atoms with E-state index in [1.807, 2.05) is 6.08 Å². The van der Waals surface area contributed by atoms with E-state index in [1.54, 1.807) is 6.08 Å². The highest BCUT2D eigenvalue weighted by atomic mass is 16.8. The summed E-state index contributed by atoms with van der Waals surface area (Å²) in [5.74, 6) is -0.285. The van der Waals surface area contributed by atoms with E-state index in [9.17, 15) is 61.0 Å². The Morgan fingerprint density at radius 3 is 1.18 bits per heavy atom. The van der Waals surface area contributed by atoms with Crippen molar-refractivity contribution in [2.75, 3.05) is 26.4 Å². The highest BCUT2D eigenvalue weighted by Crippen LogP contribution is 2.33. The Morgan fingerprint density at radius 1 is 0.412 bits per heavy atom. The van der Waals surface area contributed by atoms with Crippen LogP contribution in [-0.4, -0.2) is 193 Å². The van der Waals surface area contributed by atoms with Crippen LogP contribution >= 0.6 is 0 Å². The number of aliphatic hydroxyl groups is 11. The molecule has 0 radical (unpaired) electrons. The van der Waals surface area contributed by atoms with Crippen LogP contribution < -0.4 is 5.32 Å². The number of hydrogen-bond donors (Lipinski definition) is 12. The average molecular weight is 1220 g/mol. The van der Waals surface area contributed by atoms with Gasteiger partial charge in [0.05, 0.1) is 38.6 Å². The fourth-order valence-electron chi connectivity index (χ4n) is 11.6. The molecule has 0 bridgehead atoms. The topological polar surface area (TPSA) is 307 Å². The van der Waals surface area contributed by atoms with Crippen molar-refractivity contribution >= 4 is 5.91 Å². The van der Waals surface area contributed by atoms with Gasteiger partial charge < -0.3 is 89.9 Å². The zero-order valence-electron chi connectivity index (χ0n) is 52.6. The number of unbranched alkanes of at least 4 members (excludes halogenated alkanes) is 34. The first-order valence-electron chi connectivity index (χ1n) is 34.1. The molecule has 0 spiro atoms. The quantitative estimate of drug-likeness (QED) is 0.0201. The van der Waals surface area contributed by atoms with Crippen molar-refractivity contribution in [3.63, 3.8) is 0 Å². The van der Waals surface area contributed by atoms with E-state index in [1.165, 1.54) is 167 Å². The summed E-state index contributed by atoms with van der Waals surface area (Å²) in [6, 6.07) is -0.975. The molecule has 0 aromatic carbocycles. The van der Waals surface area contributed by atoms with Crippen molar-refractivity contribution in [1.82, 2.24) is 5.32 Å². The van der Waals surface area contributed by atoms with Gasteiger partial charge in [-0.05, 0) is 38.5 Å². The first-order chi connectivity index (χ1) is 41.3. The van der Waals surface area contributed by atoms with E-state index in [0.717, 1.165) is 64.2 Å². The normalized spacial score (nSPS) is 29.1. The van der Waals surface area contributed by atoms with E-state index < -0.39 is 124 Å². The summed E-state index contributed by atoms with van der Waals surface area (Å²) < 4.78 is 34.3. The number of amides is 1. The third-order valence-corrected chi connectivity index (χ3v) is 17.2. The third-order valence-electron chi connectivity index (χ3n) is 17.2. The molecular formula is C66H123NO18. The molecule has 17 unspecified atom stereocenters. The Hall–Kier alpha value is -1.73. The van der Waals surface area contributed by atoms with Gasteiger partial charge in [0, 0.05) is 6.42 Å². The summed E-state index contributed by atoms with van der Waals surface area (Å²) in [6.07, 6.45) is 27.6. The van der Waals surface area contributed by atoms with Crippen molar-refractivity contribution in [3.05, 3.63) is 24.3 Å². The van der Waals surface area contributed by atoms with Gasteiger partial charge >= 0.3 is 0 Å². The number of aliphatic hydroxyl groups excluding tert-OH is 11. The van der Waals surface area contributed by atoms with Crippen LogP contribution in [0, 0.1) is 0 Å². The van der Waals surface area contributed by atoms with Crippen molar-refractivity contribution in [2.45, 2.75) is 362 Å². The average Bonchev–Trinajstić information content (AvgIpc) is 3.70. The molecule has 500 valence electrons. The van der Waals surface area contributed by atoms with E-state index >= 15 is 0 Å². The molecule has 3 aliphatic heterocycles. The number of rotatable bonds is 52. The predicted octanol–water partition coefficient (Wildman–Crippen LogP) is 8.27. The minimum atomic E-state index is -1.98. The number of ether oxygens (including phenoxy) is 6. The summed E-state index contributed by atoms with van der Waals surface area (Å²) in [5, 5.41) is 120. The minimum absolute atomic E-state index is 0.234. The van der Waals surface area contributed by atoms with Crippen LogP contribution in [0.1, 0.15) is 258 Å². The van der Waals surface area contributed by atoms with Gasteiger partial charge in [-0.3, -0.25) is 4.79 Å². The lowest BCUT2D eigenvalue weighted by Gasteiger charge is -2.48. The second-order valence-corrected chi connectivity index (χ2v) is 24.6. The van der Waals surface area contributed by atoms with Crippen molar-refractivity contribution in [2.24, 2.45) is 0 Å². The van der Waals surface area contributed by atoms with Crippen LogP contribution in [0.3, 0.4) is 0 Å². The molecule has 17 atom stereocenters. The van der Waals surface area contributed by atoms with Gasteiger partial charge in [0.15, 0.2) is 18.9 Å². The molecule has 0 aromatic rings. The molecule has 3 saturated heterocycles. The number of carbonyl (C=O) groups excluding carboxylic acids is 1. The molecule has 12 N–H and O–H groups in total. The van der Waals surface area contributed by atoms with Crippen LogP contribution in [-0.2, 0) is 33.2 Å². The van der Waals surface area contributed by atoms with Gasteiger partial charge in [0.25, 0.3) is 0 Å². The van der Waals surface area contributed by atoms with Crippen LogP contribution in [0.5, 0.6) is 0 Å². The summed E-state index contributed by atoms with van der Waals surface area (Å²) in [4.78, 5) is 13.3. The monoisotopic (exact) mass is 1220 g/mol. The van der Waals surface area contributed by atoms with Crippen LogP contribution in [0.2, 0.25) is 0 Å². The molecule has 0 saturated carbocycles. The largest absolute Gasteiger partial charge is 0.394 e. The van der Waals surface area contributed by atoms with Gasteiger partial charge in [-0.15, -0.1) is 0 Å². The minimum Gasteiger partial charge on any atom is -0.394 e. The molecule has 3 heterocycles. The van der Waals surface area contributed by atoms with Crippen molar-refractivity contribution < 1.29 is 89.4 Å². The number of hydrogen-bond acceptors (Lipinski definition) is 18. The molecule has 19 nitrogen and oxygen atoms in total. The molecule has 19 heteroatoms. The molecule has 3 rings (SSSR count). The Bertz CT molecular complexity index is 1640. The fraction of sp³-hybridized carbons (Fsp3) is 0.924. The summed E-state index contributed by atoms with van der Waals surface area (Å²) in [6.45, 7) is 1.69. The second kappa shape index (κ2) is 49.0. The Kier molecular flexibility index (Phi) is 44.7. The van der Waals surface area contributed by atoms with Crippen LogP contribution in [0.4, 0.5) is 0 Å². The van der Waals surface area contributed by atoms with Gasteiger partial charge in [-0.25, -0.2) is 0 Å². The smallest absolute Gasteiger partial charge is 0.220 e. The molecule has 3 aliphatic rings. The first-order valence-corrected chi connectivity index (χ1v) is 34.1. The van der Waals surface area contributed by atoms with E-state index in [4.69, 9.17) is 28.4 Å². The number of allylic oxidation sites excluding steroid dienone is 3. The van der Waals surface area contributed by atoms with Gasteiger partial charge in [0.2, 0.25) is 5.91 Å². The Labute approximate surface area is 511 Å². The molecule has 1 amide bonds. The zero-order chi connectivity index (χ0) is 61.9. The molecule has 0 aliphatic carbocycles. The Balaban J connectivity index is 1.39. The molecule has 85 heavy (non-hydrogen) atoms. The van der Waals surface area contributed by atoms with E-state index in [0.29, 0.717) is 6.42 Å². The molecule has 0 aromatic heterocycles. The van der Waals surface area contributed by atoms with Gasteiger partial charge in [0.1, 0.15) is 73.2 Å². The highest BCUT2D eigenvalue weighted by molar-refractivity contribution is 5.76. The lowest BCUT2D eigenvalue weighted by Crippen LogP contribution is -2.66. The maximum Gasteiger partial charge on any atom is 0.220 e. The van der Waals surface area contributed by atoms with Gasteiger partial charge in [-0.2, -0.15) is 0 Å². The SMILES string of the molecule is CCCC/C=C\CCCCCCCC(=O)NC(COC1OC(CO)C(OC2OC(CO)C(OC3OC(CO)C(O)C(O)C3O)C(O)C2O)C(O)C1O)C(O)/C=C/CCCCCCCCCCCCCCCCCCCCCCCCCCCCC. The summed E-state index contributed by atoms with van der Waals surface area (Å²) in [7, 11) is 0. The molecular weight excluding hydrogens is 1090 g/mol. The summed E-state index contributed by atoms with van der Waals surface area (Å²) >= 11 is 0. The fourth-order valence-corrected chi connectivity index (χ4v) is 11.6. The zero-order valence-corrected chi connectivity index (χ0v) is 52.6. The van der Waals surface area contributed by atoms with E-state index in [2.05, 4.69) is 31.3 Å². The van der Waals surface area contributed by atoms with Crippen molar-refractivity contribution in [3.8, 4) is 0 Å². The predicted molar refractivity (Wildman–Crippen MR) is 328 cm³/mol. The molecule has 3 fully saturated rings. The van der Waals surface area contributed by atoms with E-state index in [-0.39, 0.29) is 18.9 Å². The van der Waals surface area contributed by atoms with Crippen LogP contribution in [0.25, 0.3) is 0 Å². The number of nitrogens with one attached hydrogen (secondary N) is 1. The lowest BCUT2D eigenvalue weighted by molar-refractivity contribution is -0.379. The summed E-state index contributed by atoms with van der Waals surface area (Å²) in [5.41, 5.74) is 0. The van der Waals surface area contributed by atoms with Gasteiger partial charge in [-0.1, -0.05) is 237 Å². The first kappa shape index (κ1) is 77.5.